The van der Waals surface area contributed by atoms with Crippen molar-refractivity contribution in [2.75, 3.05) is 44.2 Å². The summed E-state index contributed by atoms with van der Waals surface area (Å²) < 4.78 is 5.73. The van der Waals surface area contributed by atoms with Gasteiger partial charge in [0, 0.05) is 6.54 Å². The molecule has 0 aliphatic carbocycles. The van der Waals surface area contributed by atoms with Gasteiger partial charge in [-0.05, 0) is 32.4 Å². The summed E-state index contributed by atoms with van der Waals surface area (Å²) in [6.45, 7) is 11.4. The highest BCUT2D eigenvalue weighted by Gasteiger charge is 2.29. The van der Waals surface area contributed by atoms with Crippen LogP contribution in [0.1, 0.15) is 27.2 Å². The van der Waals surface area contributed by atoms with Crippen LogP contribution >= 0.6 is 0 Å². The Morgan fingerprint density at radius 2 is 2.00 bits per heavy atom. The van der Waals surface area contributed by atoms with Gasteiger partial charge in [-0.1, -0.05) is 19.1 Å². The zero-order valence-electron chi connectivity index (χ0n) is 14.6. The number of hydrogen-bond donors (Lipinski definition) is 2. The Kier molecular flexibility index (Phi) is 6.71. The van der Waals surface area contributed by atoms with E-state index in [0.29, 0.717) is 6.61 Å². The Morgan fingerprint density at radius 3 is 2.65 bits per heavy atom. The first kappa shape index (κ1) is 17.6. The zero-order valence-corrected chi connectivity index (χ0v) is 14.6. The topological polar surface area (TPSA) is 46.0 Å². The highest BCUT2D eigenvalue weighted by Crippen LogP contribution is 2.27. The van der Waals surface area contributed by atoms with Crippen molar-refractivity contribution in [2.45, 2.75) is 33.2 Å². The van der Waals surface area contributed by atoms with E-state index in [2.05, 4.69) is 29.3 Å². The molecule has 1 aliphatic rings. The molecule has 128 valence electrons. The van der Waals surface area contributed by atoms with E-state index in [0.717, 1.165) is 50.6 Å². The summed E-state index contributed by atoms with van der Waals surface area (Å²) in [4.78, 5) is 15.9. The number of quaternary nitrogens is 1. The molecule has 5 heteroatoms. The minimum absolute atomic E-state index is 0.0193. The lowest BCUT2D eigenvalue weighted by Gasteiger charge is -2.36. The summed E-state index contributed by atoms with van der Waals surface area (Å²) in [6, 6.07) is 8.23. The van der Waals surface area contributed by atoms with Crippen molar-refractivity contribution in [3.63, 3.8) is 0 Å². The van der Waals surface area contributed by atoms with Gasteiger partial charge in [0.2, 0.25) is 0 Å². The Hall–Kier alpha value is -1.75. The molecular formula is C18H30N3O2+. The summed E-state index contributed by atoms with van der Waals surface area (Å²) in [7, 11) is 0. The van der Waals surface area contributed by atoms with Crippen LogP contribution in [0.3, 0.4) is 0 Å². The van der Waals surface area contributed by atoms with Gasteiger partial charge in [0.25, 0.3) is 5.91 Å². The average Bonchev–Trinajstić information content (AvgIpc) is 2.60. The van der Waals surface area contributed by atoms with Gasteiger partial charge in [-0.2, -0.15) is 0 Å². The molecule has 0 bridgehead atoms. The molecule has 2 N–H and O–H groups in total. The van der Waals surface area contributed by atoms with Crippen LogP contribution in [0, 0.1) is 0 Å². The predicted molar refractivity (Wildman–Crippen MR) is 93.3 cm³/mol. The van der Waals surface area contributed by atoms with Crippen LogP contribution in [-0.4, -0.2) is 51.3 Å². The second kappa shape index (κ2) is 8.77. The lowest BCUT2D eigenvalue weighted by atomic mass is 10.2. The second-order valence-electron chi connectivity index (χ2n) is 6.06. The molecule has 1 heterocycles. The predicted octanol–water partition coefficient (Wildman–Crippen LogP) is 0.705. The van der Waals surface area contributed by atoms with Crippen molar-refractivity contribution < 1.29 is 14.4 Å². The number of piperazine rings is 1. The average molecular weight is 320 g/mol. The molecule has 1 atom stereocenters. The summed E-state index contributed by atoms with van der Waals surface area (Å²) in [5, 5.41) is 3.00. The minimum Gasteiger partial charge on any atom is -0.492 e. The number of carbonyl (C=O) groups is 1. The fourth-order valence-corrected chi connectivity index (χ4v) is 3.05. The fourth-order valence-electron chi connectivity index (χ4n) is 3.05. The van der Waals surface area contributed by atoms with Crippen molar-refractivity contribution >= 4 is 11.6 Å². The molecule has 1 amide bonds. The number of amides is 1. The van der Waals surface area contributed by atoms with E-state index in [9.17, 15) is 4.79 Å². The Balaban J connectivity index is 1.92. The number of hydrogen-bond acceptors (Lipinski definition) is 3. The van der Waals surface area contributed by atoms with E-state index < -0.39 is 0 Å². The smallest absolute Gasteiger partial charge is 0.278 e. The third-order valence-corrected chi connectivity index (χ3v) is 4.47. The SMILES string of the molecule is CCCNC(=O)[C@H](C)[NH+]1CCN(c2ccccc2OCC)CC1. The third-order valence-electron chi connectivity index (χ3n) is 4.47. The third kappa shape index (κ3) is 4.61. The molecule has 0 radical (unpaired) electrons. The quantitative estimate of drug-likeness (QED) is 0.778. The Bertz CT molecular complexity index is 499. The van der Waals surface area contributed by atoms with E-state index >= 15 is 0 Å². The van der Waals surface area contributed by atoms with Gasteiger partial charge in [0.05, 0.1) is 38.5 Å². The van der Waals surface area contributed by atoms with Crippen LogP contribution in [0.2, 0.25) is 0 Å². The van der Waals surface area contributed by atoms with Crippen molar-refractivity contribution in [1.29, 1.82) is 0 Å². The molecule has 1 aromatic rings. The lowest BCUT2D eigenvalue weighted by Crippen LogP contribution is -3.19. The zero-order chi connectivity index (χ0) is 16.7. The number of para-hydroxylation sites is 2. The highest BCUT2D eigenvalue weighted by atomic mass is 16.5. The van der Waals surface area contributed by atoms with Crippen LogP contribution in [0.15, 0.2) is 24.3 Å². The molecule has 0 saturated carbocycles. The van der Waals surface area contributed by atoms with Gasteiger partial charge in [-0.3, -0.25) is 4.79 Å². The maximum absolute atomic E-state index is 12.1. The maximum atomic E-state index is 12.1. The lowest BCUT2D eigenvalue weighted by molar-refractivity contribution is -0.914. The van der Waals surface area contributed by atoms with Crippen molar-refractivity contribution in [1.82, 2.24) is 5.32 Å². The fraction of sp³-hybridized carbons (Fsp3) is 0.611. The summed E-state index contributed by atoms with van der Waals surface area (Å²) >= 11 is 0. The van der Waals surface area contributed by atoms with E-state index in [4.69, 9.17) is 4.74 Å². The van der Waals surface area contributed by atoms with Gasteiger partial charge in [-0.25, -0.2) is 0 Å². The van der Waals surface area contributed by atoms with E-state index in [-0.39, 0.29) is 11.9 Å². The summed E-state index contributed by atoms with van der Waals surface area (Å²) in [6.07, 6.45) is 0.982. The van der Waals surface area contributed by atoms with Crippen LogP contribution in [-0.2, 0) is 4.79 Å². The number of nitrogens with one attached hydrogen (secondary N) is 2. The molecule has 5 nitrogen and oxygen atoms in total. The molecule has 0 unspecified atom stereocenters. The molecule has 1 aliphatic heterocycles. The first-order chi connectivity index (χ1) is 11.2. The van der Waals surface area contributed by atoms with Crippen LogP contribution in [0.25, 0.3) is 0 Å². The molecule has 1 aromatic carbocycles. The van der Waals surface area contributed by atoms with Gasteiger partial charge in [-0.15, -0.1) is 0 Å². The summed E-state index contributed by atoms with van der Waals surface area (Å²) in [5.74, 6) is 1.12. The number of carbonyl (C=O) groups excluding carboxylic acids is 1. The first-order valence-corrected chi connectivity index (χ1v) is 8.76. The van der Waals surface area contributed by atoms with Crippen LogP contribution < -0.4 is 19.9 Å². The molecule has 23 heavy (non-hydrogen) atoms. The number of rotatable bonds is 7. The number of nitrogens with zero attached hydrogens (tertiary/aromatic N) is 1. The van der Waals surface area contributed by atoms with E-state index in [1.165, 1.54) is 4.90 Å². The van der Waals surface area contributed by atoms with E-state index in [1.54, 1.807) is 0 Å². The van der Waals surface area contributed by atoms with Gasteiger partial charge in [0.1, 0.15) is 5.75 Å². The van der Waals surface area contributed by atoms with Crippen LogP contribution in [0.4, 0.5) is 5.69 Å². The molecule has 2 rings (SSSR count). The minimum atomic E-state index is 0.0193. The van der Waals surface area contributed by atoms with E-state index in [1.807, 2.05) is 26.0 Å². The largest absolute Gasteiger partial charge is 0.492 e. The standard InChI is InChI=1S/C18H29N3O2/c1-4-10-19-18(22)15(3)20-11-13-21(14-12-20)16-8-6-7-9-17(16)23-5-2/h6-9,15H,4-5,10-14H2,1-3H3,(H,19,22)/p+1/t15-/m0/s1. The van der Waals surface area contributed by atoms with Crippen molar-refractivity contribution in [3.8, 4) is 5.75 Å². The number of ether oxygens (including phenoxy) is 1. The van der Waals surface area contributed by atoms with Crippen molar-refractivity contribution in [2.24, 2.45) is 0 Å². The summed E-state index contributed by atoms with van der Waals surface area (Å²) in [5.41, 5.74) is 1.16. The molecule has 1 saturated heterocycles. The Labute approximate surface area is 139 Å². The normalized spacial score (nSPS) is 16.9. The van der Waals surface area contributed by atoms with Gasteiger partial charge >= 0.3 is 0 Å². The Morgan fingerprint density at radius 1 is 1.30 bits per heavy atom. The number of benzene rings is 1. The molecular weight excluding hydrogens is 290 g/mol. The van der Waals surface area contributed by atoms with Gasteiger partial charge in [0.15, 0.2) is 6.04 Å². The molecule has 0 spiro atoms. The number of anilines is 1. The highest BCUT2D eigenvalue weighted by molar-refractivity contribution is 5.79. The van der Waals surface area contributed by atoms with Crippen LogP contribution in [0.5, 0.6) is 5.75 Å². The first-order valence-electron chi connectivity index (χ1n) is 8.76. The molecule has 0 aromatic heterocycles. The van der Waals surface area contributed by atoms with Crippen molar-refractivity contribution in [3.05, 3.63) is 24.3 Å². The monoisotopic (exact) mass is 320 g/mol. The molecule has 1 fully saturated rings. The maximum Gasteiger partial charge on any atom is 0.278 e. The van der Waals surface area contributed by atoms with Gasteiger partial charge < -0.3 is 19.9 Å². The second-order valence-corrected chi connectivity index (χ2v) is 6.06.